The highest BCUT2D eigenvalue weighted by atomic mass is 16.6. The first-order valence-corrected chi connectivity index (χ1v) is 10.8. The number of hydrogen-bond donors (Lipinski definition) is 3. The van der Waals surface area contributed by atoms with Gasteiger partial charge in [-0.2, -0.15) is 0 Å². The van der Waals surface area contributed by atoms with Crippen molar-refractivity contribution in [3.05, 3.63) is 47.5 Å². The van der Waals surface area contributed by atoms with Crippen LogP contribution in [0.4, 0.5) is 4.79 Å². The minimum Gasteiger partial charge on any atom is -0.459 e. The van der Waals surface area contributed by atoms with Gasteiger partial charge in [-0.05, 0) is 45.4 Å². The SMILES string of the molecule is CC1=C[C@@H](C)[C@](O)(COC(=O)c2ccccc2)C[C@@H]1OC(=O)[C@H](O)CNC(=O)OC(C)(C)C. The van der Waals surface area contributed by atoms with Crippen molar-refractivity contribution in [2.75, 3.05) is 13.2 Å². The number of rotatable bonds is 7. The molecule has 0 spiro atoms. The molecule has 1 aliphatic rings. The third-order valence-corrected chi connectivity index (χ3v) is 5.24. The van der Waals surface area contributed by atoms with E-state index in [1.54, 1.807) is 71.0 Å². The second-order valence-electron chi connectivity index (χ2n) is 9.27. The molecule has 9 heteroatoms. The van der Waals surface area contributed by atoms with Crippen LogP contribution in [-0.2, 0) is 19.0 Å². The summed E-state index contributed by atoms with van der Waals surface area (Å²) in [6.45, 7) is 7.91. The molecule has 0 saturated heterocycles. The van der Waals surface area contributed by atoms with Crippen LogP contribution in [0.1, 0.15) is 51.4 Å². The lowest BCUT2D eigenvalue weighted by Gasteiger charge is -2.39. The van der Waals surface area contributed by atoms with Crippen molar-refractivity contribution in [1.29, 1.82) is 0 Å². The topological polar surface area (TPSA) is 131 Å². The average Bonchev–Trinajstić information content (AvgIpc) is 2.73. The molecule has 0 saturated carbocycles. The first-order chi connectivity index (χ1) is 15.3. The Morgan fingerprint density at radius 3 is 2.45 bits per heavy atom. The minimum absolute atomic E-state index is 0.0173. The van der Waals surface area contributed by atoms with Crippen LogP contribution in [0, 0.1) is 5.92 Å². The first kappa shape index (κ1) is 26.3. The van der Waals surface area contributed by atoms with Crippen LogP contribution in [-0.4, -0.2) is 64.8 Å². The highest BCUT2D eigenvalue weighted by molar-refractivity contribution is 5.89. The van der Waals surface area contributed by atoms with Crippen molar-refractivity contribution in [3.8, 4) is 0 Å². The molecule has 4 atom stereocenters. The predicted molar refractivity (Wildman–Crippen MR) is 119 cm³/mol. The van der Waals surface area contributed by atoms with Crippen molar-refractivity contribution in [3.63, 3.8) is 0 Å². The predicted octanol–water partition coefficient (Wildman–Crippen LogP) is 2.36. The van der Waals surface area contributed by atoms with Gasteiger partial charge in [-0.3, -0.25) is 0 Å². The molecule has 33 heavy (non-hydrogen) atoms. The summed E-state index contributed by atoms with van der Waals surface area (Å²) in [5.41, 5.74) is -1.12. The third kappa shape index (κ3) is 7.87. The van der Waals surface area contributed by atoms with Gasteiger partial charge >= 0.3 is 18.0 Å². The van der Waals surface area contributed by atoms with E-state index in [-0.39, 0.29) is 18.9 Å². The van der Waals surface area contributed by atoms with Gasteiger partial charge in [0.1, 0.15) is 23.9 Å². The van der Waals surface area contributed by atoms with Crippen molar-refractivity contribution < 1.29 is 38.8 Å². The number of nitrogens with one attached hydrogen (secondary N) is 1. The van der Waals surface area contributed by atoms with Crippen LogP contribution in [0.15, 0.2) is 42.0 Å². The van der Waals surface area contributed by atoms with E-state index >= 15 is 0 Å². The van der Waals surface area contributed by atoms with Crippen LogP contribution in [0.25, 0.3) is 0 Å². The Morgan fingerprint density at radius 1 is 1.21 bits per heavy atom. The fourth-order valence-electron chi connectivity index (χ4n) is 3.29. The Balaban J connectivity index is 1.94. The van der Waals surface area contributed by atoms with E-state index in [4.69, 9.17) is 14.2 Å². The van der Waals surface area contributed by atoms with Gasteiger partial charge in [-0.15, -0.1) is 0 Å². The second-order valence-corrected chi connectivity index (χ2v) is 9.27. The summed E-state index contributed by atoms with van der Waals surface area (Å²) >= 11 is 0. The van der Waals surface area contributed by atoms with Gasteiger partial charge in [-0.25, -0.2) is 14.4 Å². The maximum Gasteiger partial charge on any atom is 0.407 e. The molecule has 0 fully saturated rings. The lowest BCUT2D eigenvalue weighted by molar-refractivity contribution is -0.162. The minimum atomic E-state index is -1.62. The lowest BCUT2D eigenvalue weighted by atomic mass is 9.77. The number of carbonyl (C=O) groups excluding carboxylic acids is 3. The molecule has 0 aromatic heterocycles. The molecule has 0 unspecified atom stereocenters. The summed E-state index contributed by atoms with van der Waals surface area (Å²) in [6, 6.07) is 8.41. The highest BCUT2D eigenvalue weighted by Crippen LogP contribution is 2.34. The van der Waals surface area contributed by atoms with Crippen molar-refractivity contribution in [2.24, 2.45) is 5.92 Å². The number of carbonyl (C=O) groups is 3. The zero-order valence-electron chi connectivity index (χ0n) is 19.7. The Hall–Kier alpha value is -2.91. The van der Waals surface area contributed by atoms with E-state index in [1.807, 2.05) is 0 Å². The molecule has 9 nitrogen and oxygen atoms in total. The number of hydrogen-bond acceptors (Lipinski definition) is 8. The van der Waals surface area contributed by atoms with E-state index in [0.717, 1.165) is 0 Å². The Labute approximate surface area is 193 Å². The zero-order valence-corrected chi connectivity index (χ0v) is 19.7. The molecule has 1 aliphatic carbocycles. The number of benzene rings is 1. The largest absolute Gasteiger partial charge is 0.459 e. The normalized spacial score (nSPS) is 23.7. The van der Waals surface area contributed by atoms with E-state index in [2.05, 4.69) is 5.32 Å². The molecule has 0 aliphatic heterocycles. The molecule has 0 bridgehead atoms. The smallest absolute Gasteiger partial charge is 0.407 e. The first-order valence-electron chi connectivity index (χ1n) is 10.8. The zero-order chi connectivity index (χ0) is 24.8. The van der Waals surface area contributed by atoms with Crippen LogP contribution in [0.5, 0.6) is 0 Å². The quantitative estimate of drug-likeness (QED) is 0.319. The lowest BCUT2D eigenvalue weighted by Crippen LogP contribution is -2.49. The summed E-state index contributed by atoms with van der Waals surface area (Å²) in [5.74, 6) is -1.89. The van der Waals surface area contributed by atoms with Gasteiger partial charge in [-0.1, -0.05) is 31.2 Å². The van der Waals surface area contributed by atoms with Gasteiger partial charge < -0.3 is 29.7 Å². The maximum atomic E-state index is 12.3. The van der Waals surface area contributed by atoms with Gasteiger partial charge in [0.05, 0.1) is 12.1 Å². The molecule has 1 amide bonds. The summed E-state index contributed by atoms with van der Waals surface area (Å²) in [7, 11) is 0. The van der Waals surface area contributed by atoms with Crippen molar-refractivity contribution >= 4 is 18.0 Å². The standard InChI is InChI=1S/C24H33NO8/c1-15-11-16(2)24(30,14-31-20(27)17-9-7-6-8-10-17)12-19(15)32-21(28)18(26)13-25-22(29)33-23(3,4)5/h6-11,16,18-19,26,30H,12-14H2,1-5H3,(H,25,29)/t16-,18-,19+,24-/m1/s1. The number of aliphatic hydroxyl groups is 2. The molecule has 0 radical (unpaired) electrons. The van der Waals surface area contributed by atoms with E-state index in [9.17, 15) is 24.6 Å². The van der Waals surface area contributed by atoms with Crippen LogP contribution in [0.3, 0.4) is 0 Å². The maximum absolute atomic E-state index is 12.3. The fourth-order valence-corrected chi connectivity index (χ4v) is 3.29. The Morgan fingerprint density at radius 2 is 1.85 bits per heavy atom. The molecule has 1 aromatic rings. The molecule has 182 valence electrons. The van der Waals surface area contributed by atoms with Crippen LogP contribution in [0.2, 0.25) is 0 Å². The second kappa shape index (κ2) is 10.8. The number of alkyl carbamates (subject to hydrolysis) is 1. The number of ether oxygens (including phenoxy) is 3. The molecule has 0 heterocycles. The number of esters is 2. The monoisotopic (exact) mass is 463 g/mol. The van der Waals surface area contributed by atoms with E-state index < -0.39 is 48.0 Å². The van der Waals surface area contributed by atoms with Gasteiger partial charge in [0.15, 0.2) is 6.10 Å². The number of amides is 1. The summed E-state index contributed by atoms with van der Waals surface area (Å²) < 4.78 is 15.8. The molecule has 3 N–H and O–H groups in total. The van der Waals surface area contributed by atoms with Crippen LogP contribution < -0.4 is 5.32 Å². The Kier molecular flexibility index (Phi) is 8.63. The molecule has 2 rings (SSSR count). The third-order valence-electron chi connectivity index (χ3n) is 5.24. The van der Waals surface area contributed by atoms with Gasteiger partial charge in [0.2, 0.25) is 0 Å². The fraction of sp³-hybridized carbons (Fsp3) is 0.542. The Bertz CT molecular complexity index is 876. The summed E-state index contributed by atoms with van der Waals surface area (Å²) in [5, 5.41) is 23.5. The highest BCUT2D eigenvalue weighted by Gasteiger charge is 2.42. The van der Waals surface area contributed by atoms with Gasteiger partial charge in [0.25, 0.3) is 0 Å². The molecule has 1 aromatic carbocycles. The van der Waals surface area contributed by atoms with Crippen molar-refractivity contribution in [1.82, 2.24) is 5.32 Å². The molecular weight excluding hydrogens is 430 g/mol. The van der Waals surface area contributed by atoms with Crippen molar-refractivity contribution in [2.45, 2.75) is 64.4 Å². The van der Waals surface area contributed by atoms with E-state index in [0.29, 0.717) is 11.1 Å². The van der Waals surface area contributed by atoms with Crippen LogP contribution >= 0.6 is 0 Å². The number of aliphatic hydroxyl groups excluding tert-OH is 1. The van der Waals surface area contributed by atoms with Gasteiger partial charge in [0, 0.05) is 12.3 Å². The van der Waals surface area contributed by atoms with E-state index in [1.165, 1.54) is 0 Å². The summed E-state index contributed by atoms with van der Waals surface area (Å²) in [6.07, 6.45) is -1.50. The average molecular weight is 464 g/mol. The summed E-state index contributed by atoms with van der Waals surface area (Å²) in [4.78, 5) is 36.3. The molecular formula is C24H33NO8.